The first-order valence-electron chi connectivity index (χ1n) is 7.82. The Bertz CT molecular complexity index is 656. The van der Waals surface area contributed by atoms with E-state index in [4.69, 9.17) is 9.84 Å². The van der Waals surface area contributed by atoms with Gasteiger partial charge in [0.2, 0.25) is 0 Å². The van der Waals surface area contributed by atoms with Gasteiger partial charge in [0.05, 0.1) is 6.61 Å². The number of carboxylic acids is 1. The second kappa shape index (κ2) is 6.79. The number of carbonyl (C=O) groups is 1. The zero-order valence-electron chi connectivity index (χ0n) is 12.6. The molecular formula is C18H21NO3. The molecule has 1 saturated heterocycles. The minimum Gasteiger partial charge on any atom is -0.494 e. The van der Waals surface area contributed by atoms with Crippen molar-refractivity contribution in [3.8, 4) is 5.75 Å². The summed E-state index contributed by atoms with van der Waals surface area (Å²) in [7, 11) is 0. The number of aliphatic carboxylic acids is 1. The van der Waals surface area contributed by atoms with Gasteiger partial charge in [-0.25, -0.2) is 0 Å². The number of nitrogens with zero attached hydrogens (tertiary/aromatic N) is 1. The molecule has 0 spiro atoms. The number of benzene rings is 2. The molecule has 116 valence electrons. The number of ether oxygens (including phenoxy) is 1. The lowest BCUT2D eigenvalue weighted by atomic mass is 10.1. The molecule has 0 unspecified atom stereocenters. The third-order valence-corrected chi connectivity index (χ3v) is 4.23. The van der Waals surface area contributed by atoms with E-state index in [0.717, 1.165) is 38.1 Å². The zero-order chi connectivity index (χ0) is 15.4. The summed E-state index contributed by atoms with van der Waals surface area (Å²) < 4.78 is 5.80. The molecule has 22 heavy (non-hydrogen) atoms. The van der Waals surface area contributed by atoms with Gasteiger partial charge in [0, 0.05) is 6.54 Å². The highest BCUT2D eigenvalue weighted by Crippen LogP contribution is 2.21. The van der Waals surface area contributed by atoms with Crippen molar-refractivity contribution in [3.05, 3.63) is 42.5 Å². The van der Waals surface area contributed by atoms with E-state index >= 15 is 0 Å². The van der Waals surface area contributed by atoms with Gasteiger partial charge < -0.3 is 9.84 Å². The monoisotopic (exact) mass is 299 g/mol. The van der Waals surface area contributed by atoms with Crippen LogP contribution in [0.25, 0.3) is 10.8 Å². The SMILES string of the molecule is O=C(O)[C@H]1CCCN1CCCOc1ccc2ccccc2c1. The second-order valence-electron chi connectivity index (χ2n) is 5.74. The predicted molar refractivity (Wildman–Crippen MR) is 86.3 cm³/mol. The Morgan fingerprint density at radius 3 is 2.86 bits per heavy atom. The summed E-state index contributed by atoms with van der Waals surface area (Å²) in [5.74, 6) is 0.169. The molecular weight excluding hydrogens is 278 g/mol. The van der Waals surface area contributed by atoms with Gasteiger partial charge in [0.25, 0.3) is 0 Å². The molecule has 0 aromatic heterocycles. The van der Waals surface area contributed by atoms with E-state index in [9.17, 15) is 4.79 Å². The molecule has 1 atom stereocenters. The van der Waals surface area contributed by atoms with Crippen LogP contribution in [0.3, 0.4) is 0 Å². The summed E-state index contributed by atoms with van der Waals surface area (Å²) >= 11 is 0. The van der Waals surface area contributed by atoms with Crippen LogP contribution in [0.1, 0.15) is 19.3 Å². The molecule has 1 fully saturated rings. The molecule has 4 heteroatoms. The van der Waals surface area contributed by atoms with Gasteiger partial charge in [0.1, 0.15) is 11.8 Å². The van der Waals surface area contributed by atoms with Crippen molar-refractivity contribution in [2.75, 3.05) is 19.7 Å². The fourth-order valence-electron chi connectivity index (χ4n) is 3.09. The Morgan fingerprint density at radius 2 is 2.05 bits per heavy atom. The van der Waals surface area contributed by atoms with Gasteiger partial charge in [0.15, 0.2) is 0 Å². The lowest BCUT2D eigenvalue weighted by Gasteiger charge is -2.20. The first kappa shape index (κ1) is 14.9. The van der Waals surface area contributed by atoms with Gasteiger partial charge >= 0.3 is 5.97 Å². The highest BCUT2D eigenvalue weighted by Gasteiger charge is 2.29. The number of carboxylic acid groups (broad SMARTS) is 1. The summed E-state index contributed by atoms with van der Waals surface area (Å²) in [6.07, 6.45) is 2.58. The van der Waals surface area contributed by atoms with Gasteiger partial charge in [-0.15, -0.1) is 0 Å². The van der Waals surface area contributed by atoms with Crippen LogP contribution in [0.5, 0.6) is 5.75 Å². The van der Waals surface area contributed by atoms with E-state index in [-0.39, 0.29) is 6.04 Å². The van der Waals surface area contributed by atoms with E-state index in [0.29, 0.717) is 6.61 Å². The molecule has 2 aromatic carbocycles. The second-order valence-corrected chi connectivity index (χ2v) is 5.74. The Hall–Kier alpha value is -2.07. The average Bonchev–Trinajstić information content (AvgIpc) is 3.00. The maximum absolute atomic E-state index is 11.1. The quantitative estimate of drug-likeness (QED) is 0.832. The van der Waals surface area contributed by atoms with Crippen molar-refractivity contribution < 1.29 is 14.6 Å². The van der Waals surface area contributed by atoms with Gasteiger partial charge in [-0.2, -0.15) is 0 Å². The Morgan fingerprint density at radius 1 is 1.23 bits per heavy atom. The molecule has 0 radical (unpaired) electrons. The van der Waals surface area contributed by atoms with Gasteiger partial charge in [-0.05, 0) is 48.7 Å². The van der Waals surface area contributed by atoms with Gasteiger partial charge in [-0.3, -0.25) is 9.69 Å². The maximum Gasteiger partial charge on any atom is 0.320 e. The number of rotatable bonds is 6. The van der Waals surface area contributed by atoms with Crippen LogP contribution in [0.2, 0.25) is 0 Å². The number of hydrogen-bond donors (Lipinski definition) is 1. The summed E-state index contributed by atoms with van der Waals surface area (Å²) in [6, 6.07) is 14.0. The lowest BCUT2D eigenvalue weighted by molar-refractivity contribution is -0.142. The predicted octanol–water partition coefficient (Wildman–Crippen LogP) is 3.16. The van der Waals surface area contributed by atoms with E-state index in [1.807, 2.05) is 29.2 Å². The molecule has 2 aromatic rings. The summed E-state index contributed by atoms with van der Waals surface area (Å²) in [6.45, 7) is 2.28. The van der Waals surface area contributed by atoms with Crippen molar-refractivity contribution in [1.82, 2.24) is 4.90 Å². The van der Waals surface area contributed by atoms with Crippen LogP contribution < -0.4 is 4.74 Å². The summed E-state index contributed by atoms with van der Waals surface area (Å²) in [5.41, 5.74) is 0. The van der Waals surface area contributed by atoms with Crippen molar-refractivity contribution in [1.29, 1.82) is 0 Å². The third kappa shape index (κ3) is 3.39. The summed E-state index contributed by atoms with van der Waals surface area (Å²) in [5, 5.41) is 11.5. The van der Waals surface area contributed by atoms with Crippen molar-refractivity contribution in [3.63, 3.8) is 0 Å². The Labute approximate surface area is 130 Å². The van der Waals surface area contributed by atoms with Crippen LogP contribution >= 0.6 is 0 Å². The number of likely N-dealkylation sites (tertiary alicyclic amines) is 1. The van der Waals surface area contributed by atoms with E-state index in [1.165, 1.54) is 10.8 Å². The molecule has 1 aliphatic heterocycles. The van der Waals surface area contributed by atoms with Gasteiger partial charge in [-0.1, -0.05) is 30.3 Å². The fourth-order valence-corrected chi connectivity index (χ4v) is 3.09. The van der Waals surface area contributed by atoms with Crippen LogP contribution in [0, 0.1) is 0 Å². The highest BCUT2D eigenvalue weighted by atomic mass is 16.5. The summed E-state index contributed by atoms with van der Waals surface area (Å²) in [4.78, 5) is 13.2. The number of fused-ring (bicyclic) bond motifs is 1. The first-order chi connectivity index (χ1) is 10.7. The standard InChI is InChI=1S/C18H21NO3/c20-18(21)17-7-3-10-19(17)11-4-12-22-16-9-8-14-5-1-2-6-15(14)13-16/h1-2,5-6,8-9,13,17H,3-4,7,10-12H2,(H,20,21)/t17-/m1/s1. The average molecular weight is 299 g/mol. The molecule has 0 aliphatic carbocycles. The van der Waals surface area contributed by atoms with Crippen LogP contribution in [0.4, 0.5) is 0 Å². The van der Waals surface area contributed by atoms with Crippen LogP contribution in [-0.2, 0) is 4.79 Å². The topological polar surface area (TPSA) is 49.8 Å². The minimum absolute atomic E-state index is 0.305. The Kier molecular flexibility index (Phi) is 4.59. The van der Waals surface area contributed by atoms with Crippen LogP contribution in [-0.4, -0.2) is 41.7 Å². The van der Waals surface area contributed by atoms with Crippen molar-refractivity contribution in [2.45, 2.75) is 25.3 Å². The van der Waals surface area contributed by atoms with Crippen molar-refractivity contribution >= 4 is 16.7 Å². The first-order valence-corrected chi connectivity index (χ1v) is 7.82. The molecule has 0 bridgehead atoms. The molecule has 3 rings (SSSR count). The lowest BCUT2D eigenvalue weighted by Crippen LogP contribution is -2.36. The molecule has 4 nitrogen and oxygen atoms in total. The Balaban J connectivity index is 1.49. The third-order valence-electron chi connectivity index (χ3n) is 4.23. The molecule has 1 aliphatic rings. The van der Waals surface area contributed by atoms with Crippen LogP contribution in [0.15, 0.2) is 42.5 Å². The molecule has 0 amide bonds. The highest BCUT2D eigenvalue weighted by molar-refractivity contribution is 5.83. The fraction of sp³-hybridized carbons (Fsp3) is 0.389. The molecule has 1 heterocycles. The van der Waals surface area contributed by atoms with Crippen molar-refractivity contribution in [2.24, 2.45) is 0 Å². The minimum atomic E-state index is -0.701. The number of hydrogen-bond acceptors (Lipinski definition) is 3. The largest absolute Gasteiger partial charge is 0.494 e. The maximum atomic E-state index is 11.1. The normalized spacial score (nSPS) is 18.6. The smallest absolute Gasteiger partial charge is 0.320 e. The van der Waals surface area contributed by atoms with E-state index in [1.54, 1.807) is 0 Å². The molecule has 0 saturated carbocycles. The van der Waals surface area contributed by atoms with E-state index < -0.39 is 5.97 Å². The zero-order valence-corrected chi connectivity index (χ0v) is 12.6. The van der Waals surface area contributed by atoms with E-state index in [2.05, 4.69) is 18.2 Å². The molecule has 1 N–H and O–H groups in total.